The van der Waals surface area contributed by atoms with Crippen LogP contribution in [0.15, 0.2) is 54.6 Å². The Morgan fingerprint density at radius 1 is 1.17 bits per heavy atom. The maximum Gasteiger partial charge on any atom is 0.321 e. The Morgan fingerprint density at radius 2 is 1.96 bits per heavy atom. The lowest BCUT2D eigenvalue weighted by Crippen LogP contribution is -2.42. The van der Waals surface area contributed by atoms with Crippen molar-refractivity contribution < 1.29 is 4.79 Å². The third-order valence-corrected chi connectivity index (χ3v) is 4.32. The Labute approximate surface area is 142 Å². The Morgan fingerprint density at radius 3 is 2.75 bits per heavy atom. The van der Waals surface area contributed by atoms with Crippen LogP contribution in [-0.4, -0.2) is 24.0 Å². The molecule has 4 nitrogen and oxygen atoms in total. The van der Waals surface area contributed by atoms with Gasteiger partial charge in [0.1, 0.15) is 0 Å². The molecule has 122 valence electrons. The van der Waals surface area contributed by atoms with Gasteiger partial charge in [-0.05, 0) is 42.5 Å². The minimum atomic E-state index is -0.119. The van der Waals surface area contributed by atoms with Gasteiger partial charge in [0.05, 0.1) is 12.0 Å². The van der Waals surface area contributed by atoms with E-state index in [-0.39, 0.29) is 11.9 Å². The van der Waals surface area contributed by atoms with E-state index < -0.39 is 0 Å². The monoisotopic (exact) mass is 319 g/mol. The minimum Gasteiger partial charge on any atom is -0.323 e. The van der Waals surface area contributed by atoms with E-state index in [2.05, 4.69) is 29.6 Å². The number of benzene rings is 2. The van der Waals surface area contributed by atoms with Gasteiger partial charge in [0.15, 0.2) is 0 Å². The molecular formula is C20H21N3O. The molecule has 4 heteroatoms. The summed E-state index contributed by atoms with van der Waals surface area (Å²) in [5.74, 6) is -0.0473. The molecule has 1 fully saturated rings. The van der Waals surface area contributed by atoms with Crippen molar-refractivity contribution in [2.24, 2.45) is 5.92 Å². The number of carbonyl (C=O) groups is 1. The van der Waals surface area contributed by atoms with Crippen LogP contribution in [0.25, 0.3) is 0 Å². The molecule has 1 heterocycles. The third-order valence-electron chi connectivity index (χ3n) is 4.32. The SMILES string of the molecule is N#C[C@@H]1CCCN(C(=O)Nc2cccc(Cc3ccccc3)c2)C1. The van der Waals surface area contributed by atoms with Gasteiger partial charge in [0.2, 0.25) is 0 Å². The first-order valence-corrected chi connectivity index (χ1v) is 8.33. The lowest BCUT2D eigenvalue weighted by Gasteiger charge is -2.29. The van der Waals surface area contributed by atoms with Gasteiger partial charge in [-0.2, -0.15) is 5.26 Å². The van der Waals surface area contributed by atoms with Gasteiger partial charge < -0.3 is 10.2 Å². The number of nitriles is 1. The molecule has 0 spiro atoms. The molecule has 0 aliphatic carbocycles. The van der Waals surface area contributed by atoms with E-state index >= 15 is 0 Å². The molecule has 0 saturated carbocycles. The van der Waals surface area contributed by atoms with Gasteiger partial charge in [-0.25, -0.2) is 4.79 Å². The summed E-state index contributed by atoms with van der Waals surface area (Å²) in [6.45, 7) is 1.24. The molecule has 2 amide bonds. The number of piperidine rings is 1. The van der Waals surface area contributed by atoms with Crippen LogP contribution >= 0.6 is 0 Å². The molecule has 0 bridgehead atoms. The maximum atomic E-state index is 12.4. The average Bonchev–Trinajstić information content (AvgIpc) is 2.63. The number of hydrogen-bond donors (Lipinski definition) is 1. The molecule has 2 aromatic rings. The summed E-state index contributed by atoms with van der Waals surface area (Å²) in [6.07, 6.45) is 2.61. The Kier molecular flexibility index (Phi) is 5.12. The third kappa shape index (κ3) is 4.14. The standard InChI is InChI=1S/C20H21N3O/c21-14-18-9-5-11-23(15-18)20(24)22-19-10-4-8-17(13-19)12-16-6-2-1-3-7-16/h1-4,6-8,10,13,18H,5,9,11-12,15H2,(H,22,24)/t18-/m0/s1. The highest BCUT2D eigenvalue weighted by Crippen LogP contribution is 2.18. The summed E-state index contributed by atoms with van der Waals surface area (Å²) in [5.41, 5.74) is 3.20. The maximum absolute atomic E-state index is 12.4. The number of nitrogens with zero attached hydrogens (tertiary/aromatic N) is 2. The lowest BCUT2D eigenvalue weighted by atomic mass is 10.0. The smallest absolute Gasteiger partial charge is 0.321 e. The van der Waals surface area contributed by atoms with Crippen LogP contribution in [0.2, 0.25) is 0 Å². The zero-order valence-electron chi connectivity index (χ0n) is 13.6. The quantitative estimate of drug-likeness (QED) is 0.928. The van der Waals surface area contributed by atoms with Gasteiger partial charge in [0.25, 0.3) is 0 Å². The van der Waals surface area contributed by atoms with Crippen molar-refractivity contribution in [3.8, 4) is 6.07 Å². The van der Waals surface area contributed by atoms with Crippen LogP contribution in [0, 0.1) is 17.2 Å². The van der Waals surface area contributed by atoms with E-state index in [0.717, 1.165) is 30.5 Å². The summed E-state index contributed by atoms with van der Waals surface area (Å²) in [5, 5.41) is 12.0. The van der Waals surface area contributed by atoms with Crippen molar-refractivity contribution in [1.29, 1.82) is 5.26 Å². The summed E-state index contributed by atoms with van der Waals surface area (Å²) >= 11 is 0. The molecule has 3 rings (SSSR count). The molecule has 0 aromatic heterocycles. The first-order valence-electron chi connectivity index (χ1n) is 8.33. The molecule has 1 saturated heterocycles. The number of carbonyl (C=O) groups excluding carboxylic acids is 1. The molecule has 0 unspecified atom stereocenters. The van der Waals surface area contributed by atoms with Crippen molar-refractivity contribution in [2.45, 2.75) is 19.3 Å². The van der Waals surface area contributed by atoms with E-state index in [1.807, 2.05) is 36.4 Å². The molecule has 1 atom stereocenters. The number of hydrogen-bond acceptors (Lipinski definition) is 2. The summed E-state index contributed by atoms with van der Waals surface area (Å²) in [4.78, 5) is 14.1. The topological polar surface area (TPSA) is 56.1 Å². The van der Waals surface area contributed by atoms with E-state index in [1.54, 1.807) is 4.90 Å². The lowest BCUT2D eigenvalue weighted by molar-refractivity contribution is 0.189. The van der Waals surface area contributed by atoms with Crippen molar-refractivity contribution in [3.05, 3.63) is 65.7 Å². The highest BCUT2D eigenvalue weighted by Gasteiger charge is 2.23. The predicted molar refractivity (Wildman–Crippen MR) is 94.6 cm³/mol. The Bertz CT molecular complexity index is 736. The molecule has 1 N–H and O–H groups in total. The normalized spacial score (nSPS) is 17.1. The number of amides is 2. The number of anilines is 1. The zero-order valence-corrected chi connectivity index (χ0v) is 13.6. The second kappa shape index (κ2) is 7.65. The van der Waals surface area contributed by atoms with E-state index in [0.29, 0.717) is 13.1 Å². The number of likely N-dealkylation sites (tertiary alicyclic amines) is 1. The van der Waals surface area contributed by atoms with E-state index in [9.17, 15) is 4.79 Å². The number of rotatable bonds is 3. The van der Waals surface area contributed by atoms with Crippen molar-refractivity contribution in [3.63, 3.8) is 0 Å². The Hall–Kier alpha value is -2.80. The van der Waals surface area contributed by atoms with Gasteiger partial charge in [-0.3, -0.25) is 0 Å². The van der Waals surface area contributed by atoms with Gasteiger partial charge in [-0.1, -0.05) is 42.5 Å². The second-order valence-electron chi connectivity index (χ2n) is 6.21. The van der Waals surface area contributed by atoms with Gasteiger partial charge in [0, 0.05) is 18.8 Å². The molecule has 1 aliphatic rings. The highest BCUT2D eigenvalue weighted by molar-refractivity contribution is 5.89. The van der Waals surface area contributed by atoms with Crippen molar-refractivity contribution >= 4 is 11.7 Å². The van der Waals surface area contributed by atoms with Crippen LogP contribution in [0.4, 0.5) is 10.5 Å². The van der Waals surface area contributed by atoms with Crippen molar-refractivity contribution in [2.75, 3.05) is 18.4 Å². The van der Waals surface area contributed by atoms with Gasteiger partial charge in [-0.15, -0.1) is 0 Å². The zero-order chi connectivity index (χ0) is 16.8. The van der Waals surface area contributed by atoms with E-state index in [4.69, 9.17) is 5.26 Å². The number of urea groups is 1. The number of nitrogens with one attached hydrogen (secondary N) is 1. The fourth-order valence-corrected chi connectivity index (χ4v) is 3.06. The van der Waals surface area contributed by atoms with E-state index in [1.165, 1.54) is 5.56 Å². The second-order valence-corrected chi connectivity index (χ2v) is 6.21. The van der Waals surface area contributed by atoms with Crippen LogP contribution in [0.5, 0.6) is 0 Å². The fourth-order valence-electron chi connectivity index (χ4n) is 3.06. The van der Waals surface area contributed by atoms with Crippen LogP contribution in [0.1, 0.15) is 24.0 Å². The summed E-state index contributed by atoms with van der Waals surface area (Å²) < 4.78 is 0. The molecule has 24 heavy (non-hydrogen) atoms. The fraction of sp³-hybridized carbons (Fsp3) is 0.300. The van der Waals surface area contributed by atoms with Crippen LogP contribution < -0.4 is 5.32 Å². The molecule has 0 radical (unpaired) electrons. The minimum absolute atomic E-state index is 0.0473. The van der Waals surface area contributed by atoms with Gasteiger partial charge >= 0.3 is 6.03 Å². The predicted octanol–water partition coefficient (Wildman–Crippen LogP) is 4.04. The Balaban J connectivity index is 1.64. The molecular weight excluding hydrogens is 298 g/mol. The average molecular weight is 319 g/mol. The summed E-state index contributed by atoms with van der Waals surface area (Å²) in [6, 6.07) is 20.4. The highest BCUT2D eigenvalue weighted by atomic mass is 16.2. The first-order chi connectivity index (χ1) is 11.7. The van der Waals surface area contributed by atoms with Crippen LogP contribution in [-0.2, 0) is 6.42 Å². The van der Waals surface area contributed by atoms with Crippen molar-refractivity contribution in [1.82, 2.24) is 4.90 Å². The molecule has 1 aliphatic heterocycles. The summed E-state index contributed by atoms with van der Waals surface area (Å²) in [7, 11) is 0. The molecule has 2 aromatic carbocycles. The largest absolute Gasteiger partial charge is 0.323 e. The van der Waals surface area contributed by atoms with Crippen LogP contribution in [0.3, 0.4) is 0 Å². The first kappa shape index (κ1) is 16.1.